The van der Waals surface area contributed by atoms with E-state index in [4.69, 9.17) is 4.42 Å². The van der Waals surface area contributed by atoms with Crippen LogP contribution in [0.2, 0.25) is 0 Å². The number of piperidine rings is 1. The Morgan fingerprint density at radius 2 is 2.25 bits per heavy atom. The van der Waals surface area contributed by atoms with E-state index in [-0.39, 0.29) is 11.9 Å². The number of para-hydroxylation sites is 2. The smallest absolute Gasteiger partial charge is 0.317 e. The molecule has 2 heterocycles. The molecule has 1 aromatic carbocycles. The number of hydrogen-bond acceptors (Lipinski definition) is 4. The molecule has 2 aromatic rings. The van der Waals surface area contributed by atoms with Gasteiger partial charge in [-0.15, -0.1) is 0 Å². The predicted molar refractivity (Wildman–Crippen MR) is 94.1 cm³/mol. The monoisotopic (exact) mass is 330 g/mol. The van der Waals surface area contributed by atoms with Crippen molar-refractivity contribution >= 4 is 17.1 Å². The van der Waals surface area contributed by atoms with Gasteiger partial charge in [-0.25, -0.2) is 9.78 Å². The van der Waals surface area contributed by atoms with Gasteiger partial charge in [0.2, 0.25) is 0 Å². The van der Waals surface area contributed by atoms with Crippen LogP contribution < -0.4 is 5.32 Å². The fraction of sp³-hybridized carbons (Fsp3) is 0.556. The van der Waals surface area contributed by atoms with E-state index >= 15 is 0 Å². The van der Waals surface area contributed by atoms with E-state index in [1.807, 2.05) is 43.3 Å². The molecule has 0 aliphatic carbocycles. The lowest BCUT2D eigenvalue weighted by Gasteiger charge is -2.32. The first-order chi connectivity index (χ1) is 11.5. The quantitative estimate of drug-likeness (QED) is 0.936. The van der Waals surface area contributed by atoms with Crippen LogP contribution in [-0.4, -0.2) is 60.6 Å². The number of fused-ring (bicyclic) bond motifs is 1. The van der Waals surface area contributed by atoms with Crippen molar-refractivity contribution in [2.45, 2.75) is 31.7 Å². The van der Waals surface area contributed by atoms with Crippen LogP contribution in [0.1, 0.15) is 31.6 Å². The van der Waals surface area contributed by atoms with Gasteiger partial charge in [0, 0.05) is 25.7 Å². The van der Waals surface area contributed by atoms with E-state index in [2.05, 4.69) is 22.1 Å². The summed E-state index contributed by atoms with van der Waals surface area (Å²) in [5.74, 6) is 0.915. The zero-order valence-corrected chi connectivity index (χ0v) is 14.7. The Morgan fingerprint density at radius 3 is 3.00 bits per heavy atom. The Bertz CT molecular complexity index is 664. The van der Waals surface area contributed by atoms with Crippen molar-refractivity contribution in [3.05, 3.63) is 30.2 Å². The van der Waals surface area contributed by atoms with Gasteiger partial charge < -0.3 is 19.5 Å². The summed E-state index contributed by atoms with van der Waals surface area (Å²) in [6.45, 7) is 4.20. The SMILES string of the molecule is C[C@H](CNC(=O)N1CCC[C@H](c2nc3ccccc3o2)C1)N(C)C. The van der Waals surface area contributed by atoms with Crippen molar-refractivity contribution in [3.8, 4) is 0 Å². The number of amides is 2. The number of oxazole rings is 1. The standard InChI is InChI=1S/C18H26N4O2/c1-13(21(2)3)11-19-18(23)22-10-6-7-14(12-22)17-20-15-8-4-5-9-16(15)24-17/h4-5,8-9,13-14H,6-7,10-12H2,1-3H3,(H,19,23)/t13-,14+/m1/s1. The molecule has 2 atom stereocenters. The largest absolute Gasteiger partial charge is 0.440 e. The maximum Gasteiger partial charge on any atom is 0.317 e. The number of aromatic nitrogens is 1. The number of hydrogen-bond donors (Lipinski definition) is 1. The van der Waals surface area contributed by atoms with Crippen LogP contribution in [0.5, 0.6) is 0 Å². The van der Waals surface area contributed by atoms with Crippen molar-refractivity contribution in [3.63, 3.8) is 0 Å². The van der Waals surface area contributed by atoms with E-state index in [1.165, 1.54) is 0 Å². The summed E-state index contributed by atoms with van der Waals surface area (Å²) >= 11 is 0. The number of urea groups is 1. The molecule has 1 aromatic heterocycles. The number of nitrogens with zero attached hydrogens (tertiary/aromatic N) is 3. The second kappa shape index (κ2) is 7.21. The maximum absolute atomic E-state index is 12.4. The Labute approximate surface area is 142 Å². The Balaban J connectivity index is 1.62. The summed E-state index contributed by atoms with van der Waals surface area (Å²) in [6.07, 6.45) is 1.98. The van der Waals surface area contributed by atoms with Gasteiger partial charge in [0.15, 0.2) is 11.5 Å². The predicted octanol–water partition coefficient (Wildman–Crippen LogP) is 2.67. The lowest BCUT2D eigenvalue weighted by atomic mass is 9.98. The minimum Gasteiger partial charge on any atom is -0.440 e. The Kier molecular flexibility index (Phi) is 5.04. The lowest BCUT2D eigenvalue weighted by molar-refractivity contribution is 0.171. The van der Waals surface area contributed by atoms with Gasteiger partial charge >= 0.3 is 6.03 Å². The van der Waals surface area contributed by atoms with Crippen LogP contribution in [0.4, 0.5) is 4.79 Å². The van der Waals surface area contributed by atoms with E-state index in [0.717, 1.165) is 36.4 Å². The van der Waals surface area contributed by atoms with Crippen LogP contribution >= 0.6 is 0 Å². The first-order valence-electron chi connectivity index (χ1n) is 8.59. The Morgan fingerprint density at radius 1 is 1.46 bits per heavy atom. The average Bonchev–Trinajstić information content (AvgIpc) is 3.03. The highest BCUT2D eigenvalue weighted by Crippen LogP contribution is 2.28. The molecule has 0 spiro atoms. The molecule has 1 fully saturated rings. The van der Waals surface area contributed by atoms with Crippen LogP contribution in [0.15, 0.2) is 28.7 Å². The van der Waals surface area contributed by atoms with Crippen LogP contribution in [0, 0.1) is 0 Å². The number of benzene rings is 1. The molecule has 6 nitrogen and oxygen atoms in total. The third-order valence-corrected chi connectivity index (χ3v) is 4.80. The number of likely N-dealkylation sites (N-methyl/N-ethyl adjacent to an activating group) is 1. The summed E-state index contributed by atoms with van der Waals surface area (Å²) in [6, 6.07) is 8.11. The first-order valence-corrected chi connectivity index (χ1v) is 8.59. The number of rotatable bonds is 4. The molecule has 1 saturated heterocycles. The zero-order chi connectivity index (χ0) is 17.1. The van der Waals surface area contributed by atoms with Crippen LogP contribution in [0.3, 0.4) is 0 Å². The normalized spacial score (nSPS) is 19.7. The van der Waals surface area contributed by atoms with Gasteiger partial charge in [0.1, 0.15) is 5.52 Å². The molecule has 3 rings (SSSR count). The summed E-state index contributed by atoms with van der Waals surface area (Å²) in [5.41, 5.74) is 1.70. The summed E-state index contributed by atoms with van der Waals surface area (Å²) in [4.78, 5) is 21.0. The van der Waals surface area contributed by atoms with Gasteiger partial charge in [-0.05, 0) is 46.0 Å². The molecule has 24 heavy (non-hydrogen) atoms. The van der Waals surface area contributed by atoms with Crippen molar-refractivity contribution in [1.82, 2.24) is 20.1 Å². The molecular weight excluding hydrogens is 304 g/mol. The molecule has 6 heteroatoms. The molecule has 1 aliphatic heterocycles. The maximum atomic E-state index is 12.4. The van der Waals surface area contributed by atoms with Crippen molar-refractivity contribution in [2.24, 2.45) is 0 Å². The highest BCUT2D eigenvalue weighted by atomic mass is 16.3. The number of likely N-dealkylation sites (tertiary alicyclic amines) is 1. The Hall–Kier alpha value is -2.08. The molecule has 0 saturated carbocycles. The van der Waals surface area contributed by atoms with Gasteiger partial charge in [0.25, 0.3) is 0 Å². The van der Waals surface area contributed by atoms with E-state index in [9.17, 15) is 4.79 Å². The molecule has 0 bridgehead atoms. The fourth-order valence-corrected chi connectivity index (χ4v) is 2.96. The molecule has 1 aliphatic rings. The second-order valence-corrected chi connectivity index (χ2v) is 6.80. The van der Waals surface area contributed by atoms with Gasteiger partial charge in [0.05, 0.1) is 5.92 Å². The number of carbonyl (C=O) groups excluding carboxylic acids is 1. The number of carbonyl (C=O) groups is 1. The molecule has 130 valence electrons. The third kappa shape index (κ3) is 3.70. The van der Waals surface area contributed by atoms with Gasteiger partial charge in [-0.3, -0.25) is 0 Å². The topological polar surface area (TPSA) is 61.6 Å². The minimum absolute atomic E-state index is 0.00418. The third-order valence-electron chi connectivity index (χ3n) is 4.80. The molecule has 1 N–H and O–H groups in total. The first kappa shape index (κ1) is 16.8. The van der Waals surface area contributed by atoms with E-state index in [1.54, 1.807) is 0 Å². The summed E-state index contributed by atoms with van der Waals surface area (Å²) in [7, 11) is 4.03. The highest BCUT2D eigenvalue weighted by Gasteiger charge is 2.28. The summed E-state index contributed by atoms with van der Waals surface area (Å²) < 4.78 is 5.89. The van der Waals surface area contributed by atoms with Crippen LogP contribution in [-0.2, 0) is 0 Å². The van der Waals surface area contributed by atoms with Gasteiger partial charge in [-0.2, -0.15) is 0 Å². The summed E-state index contributed by atoms with van der Waals surface area (Å²) in [5, 5.41) is 3.03. The van der Waals surface area contributed by atoms with E-state index < -0.39 is 0 Å². The van der Waals surface area contributed by atoms with Crippen molar-refractivity contribution in [2.75, 3.05) is 33.7 Å². The second-order valence-electron chi connectivity index (χ2n) is 6.80. The highest BCUT2D eigenvalue weighted by molar-refractivity contribution is 5.74. The lowest BCUT2D eigenvalue weighted by Crippen LogP contribution is -2.48. The molecule has 0 unspecified atom stereocenters. The fourth-order valence-electron chi connectivity index (χ4n) is 2.96. The van der Waals surface area contributed by atoms with Gasteiger partial charge in [-0.1, -0.05) is 12.1 Å². The minimum atomic E-state index is 0.00418. The molecular formula is C18H26N4O2. The molecule has 0 radical (unpaired) electrons. The zero-order valence-electron chi connectivity index (χ0n) is 14.7. The van der Waals surface area contributed by atoms with Crippen LogP contribution in [0.25, 0.3) is 11.1 Å². The number of nitrogens with one attached hydrogen (secondary N) is 1. The molecule has 2 amide bonds. The van der Waals surface area contributed by atoms with Crippen molar-refractivity contribution < 1.29 is 9.21 Å². The van der Waals surface area contributed by atoms with Crippen molar-refractivity contribution in [1.29, 1.82) is 0 Å². The average molecular weight is 330 g/mol. The van der Waals surface area contributed by atoms with E-state index in [0.29, 0.717) is 19.1 Å².